The van der Waals surface area contributed by atoms with Crippen LogP contribution < -0.4 is 0 Å². The van der Waals surface area contributed by atoms with Gasteiger partial charge in [-0.2, -0.15) is 0 Å². The fraction of sp³-hybridized carbons (Fsp3) is 0.963. The summed E-state index contributed by atoms with van der Waals surface area (Å²) >= 11 is 0. The molecule has 6 unspecified atom stereocenters. The van der Waals surface area contributed by atoms with Crippen molar-refractivity contribution in [1.82, 2.24) is 4.90 Å². The third kappa shape index (κ3) is 2.95. The minimum atomic E-state index is -0.569. The molecule has 6 rings (SSSR count). The van der Waals surface area contributed by atoms with E-state index in [-0.39, 0.29) is 17.4 Å². The Kier molecular flexibility index (Phi) is 5.07. The minimum Gasteiger partial charge on any atom is -0.411 e. The molecule has 0 spiro atoms. The van der Waals surface area contributed by atoms with Gasteiger partial charge in [-0.3, -0.25) is 4.90 Å². The van der Waals surface area contributed by atoms with E-state index in [0.717, 1.165) is 56.7 Å². The summed E-state index contributed by atoms with van der Waals surface area (Å²) in [5.41, 5.74) is 0.549. The first-order chi connectivity index (χ1) is 15.2. The SMILES string of the molecule is CC1CC[C@@H]2N(C1)C[C@@H]1C(CC[C@H]3C4C/C(=N/O)C5CC(O)CCC5(C)[C@H]4C[C@@H]13)[C@]2(C)O. The van der Waals surface area contributed by atoms with Gasteiger partial charge in [0.2, 0.25) is 0 Å². The third-order valence-electron chi connectivity index (χ3n) is 12.0. The maximum atomic E-state index is 11.9. The van der Waals surface area contributed by atoms with Gasteiger partial charge in [-0.1, -0.05) is 19.0 Å². The normalized spacial score (nSPS) is 59.0. The van der Waals surface area contributed by atoms with E-state index in [9.17, 15) is 15.4 Å². The van der Waals surface area contributed by atoms with Crippen molar-refractivity contribution < 1.29 is 15.4 Å². The van der Waals surface area contributed by atoms with Crippen LogP contribution in [0.5, 0.6) is 0 Å². The number of aliphatic hydroxyl groups excluding tert-OH is 1. The van der Waals surface area contributed by atoms with Crippen molar-refractivity contribution >= 4 is 5.71 Å². The zero-order valence-corrected chi connectivity index (χ0v) is 20.3. The van der Waals surface area contributed by atoms with Gasteiger partial charge in [-0.25, -0.2) is 0 Å². The van der Waals surface area contributed by atoms with Gasteiger partial charge >= 0.3 is 0 Å². The predicted molar refractivity (Wildman–Crippen MR) is 124 cm³/mol. The Bertz CT molecular complexity index is 783. The Morgan fingerprint density at radius 1 is 0.906 bits per heavy atom. The molecule has 4 aliphatic carbocycles. The highest BCUT2D eigenvalue weighted by Crippen LogP contribution is 2.66. The molecule has 2 aliphatic heterocycles. The molecule has 5 heteroatoms. The highest BCUT2D eigenvalue weighted by Gasteiger charge is 2.64. The van der Waals surface area contributed by atoms with Crippen LogP contribution in [0.15, 0.2) is 5.16 Å². The number of piperidine rings is 2. The van der Waals surface area contributed by atoms with Gasteiger partial charge in [0.05, 0.1) is 17.4 Å². The van der Waals surface area contributed by atoms with Crippen molar-refractivity contribution in [2.45, 2.75) is 96.3 Å². The minimum absolute atomic E-state index is 0.149. The number of rotatable bonds is 0. The molecule has 4 saturated carbocycles. The fourth-order valence-electron chi connectivity index (χ4n) is 10.5. The van der Waals surface area contributed by atoms with Crippen LogP contribution in [0.3, 0.4) is 0 Å². The smallest absolute Gasteiger partial charge is 0.0805 e. The molecule has 0 radical (unpaired) electrons. The Hall–Kier alpha value is -0.650. The lowest BCUT2D eigenvalue weighted by atomic mass is 9.51. The highest BCUT2D eigenvalue weighted by molar-refractivity contribution is 5.88. The third-order valence-corrected chi connectivity index (χ3v) is 12.0. The molecular formula is C27H44N2O3. The number of hydrogen-bond donors (Lipinski definition) is 3. The molecule has 6 aliphatic rings. The first-order valence-electron chi connectivity index (χ1n) is 13.6. The number of nitrogens with zero attached hydrogens (tertiary/aromatic N) is 2. The highest BCUT2D eigenvalue weighted by atomic mass is 16.4. The molecule has 5 nitrogen and oxygen atoms in total. The number of hydrogen-bond acceptors (Lipinski definition) is 5. The molecule has 6 fully saturated rings. The molecule has 3 N–H and O–H groups in total. The molecule has 0 aromatic heterocycles. The van der Waals surface area contributed by atoms with Crippen molar-refractivity contribution in [2.24, 2.45) is 57.9 Å². The monoisotopic (exact) mass is 444 g/mol. The maximum absolute atomic E-state index is 11.9. The van der Waals surface area contributed by atoms with Crippen molar-refractivity contribution in [3.63, 3.8) is 0 Å². The Morgan fingerprint density at radius 3 is 2.50 bits per heavy atom. The molecular weight excluding hydrogens is 400 g/mol. The van der Waals surface area contributed by atoms with Gasteiger partial charge in [0, 0.05) is 25.0 Å². The second kappa shape index (κ2) is 7.42. The summed E-state index contributed by atoms with van der Waals surface area (Å²) in [5, 5.41) is 36.0. The fourth-order valence-corrected chi connectivity index (χ4v) is 10.5. The van der Waals surface area contributed by atoms with Crippen LogP contribution in [0.4, 0.5) is 0 Å². The summed E-state index contributed by atoms with van der Waals surface area (Å²) in [6, 6.07) is 0.343. The Morgan fingerprint density at radius 2 is 1.72 bits per heavy atom. The summed E-state index contributed by atoms with van der Waals surface area (Å²) in [6.07, 6.45) is 9.45. The lowest BCUT2D eigenvalue weighted by Gasteiger charge is -2.59. The van der Waals surface area contributed by atoms with Crippen LogP contribution in [0, 0.1) is 52.8 Å². The molecule has 32 heavy (non-hydrogen) atoms. The van der Waals surface area contributed by atoms with E-state index in [0.29, 0.717) is 41.5 Å². The quantitative estimate of drug-likeness (QED) is 0.388. The average Bonchev–Trinajstić information content (AvgIpc) is 3.14. The molecule has 0 aromatic carbocycles. The van der Waals surface area contributed by atoms with E-state index in [2.05, 4.69) is 30.8 Å². The van der Waals surface area contributed by atoms with E-state index < -0.39 is 5.60 Å². The lowest BCUT2D eigenvalue weighted by molar-refractivity contribution is -0.175. The van der Waals surface area contributed by atoms with Crippen LogP contribution >= 0.6 is 0 Å². The first-order valence-corrected chi connectivity index (χ1v) is 13.6. The van der Waals surface area contributed by atoms with Crippen molar-refractivity contribution in [2.75, 3.05) is 13.1 Å². The number of oxime groups is 1. The summed E-state index contributed by atoms with van der Waals surface area (Å²) < 4.78 is 0. The van der Waals surface area contributed by atoms with Gasteiger partial charge < -0.3 is 15.4 Å². The predicted octanol–water partition coefficient (Wildman–Crippen LogP) is 4.15. The van der Waals surface area contributed by atoms with E-state index >= 15 is 0 Å². The average molecular weight is 445 g/mol. The number of fused-ring (bicyclic) bond motifs is 8. The standard InChI is InChI=1S/C27H44N2O3/c1-15-4-7-25-27(3,31)21-6-5-17-18(20(21)14-29(25)13-15)11-22-19(17)12-24(28-32)23-10-16(30)8-9-26(22,23)2/h15-23,25,30-32H,4-14H2,1-3H3/b28-24-/t15?,16?,17-,18-,19?,20+,21?,22+,23?,25+,26?,27+/m1/s1. The van der Waals surface area contributed by atoms with Crippen LogP contribution in [0.25, 0.3) is 0 Å². The summed E-state index contributed by atoms with van der Waals surface area (Å²) in [6.45, 7) is 9.30. The Labute approximate surface area is 193 Å². The molecule has 180 valence electrons. The second-order valence-electron chi connectivity index (χ2n) is 13.3. The van der Waals surface area contributed by atoms with Gasteiger partial charge in [0.25, 0.3) is 0 Å². The molecule has 2 heterocycles. The van der Waals surface area contributed by atoms with E-state index in [1.165, 1.54) is 25.8 Å². The molecule has 12 atom stereocenters. The van der Waals surface area contributed by atoms with Crippen molar-refractivity contribution in [3.8, 4) is 0 Å². The Balaban J connectivity index is 1.32. The summed E-state index contributed by atoms with van der Waals surface area (Å²) in [5.74, 6) is 4.68. The first kappa shape index (κ1) is 21.9. The molecule has 0 aromatic rings. The van der Waals surface area contributed by atoms with Gasteiger partial charge in [0.15, 0.2) is 0 Å². The zero-order chi connectivity index (χ0) is 22.4. The molecule has 0 amide bonds. The van der Waals surface area contributed by atoms with Crippen molar-refractivity contribution in [3.05, 3.63) is 0 Å². The van der Waals surface area contributed by atoms with Crippen LogP contribution in [-0.2, 0) is 0 Å². The molecule has 0 bridgehead atoms. The van der Waals surface area contributed by atoms with Crippen LogP contribution in [0.2, 0.25) is 0 Å². The topological polar surface area (TPSA) is 76.3 Å². The number of aliphatic hydroxyl groups is 2. The largest absolute Gasteiger partial charge is 0.411 e. The zero-order valence-electron chi connectivity index (χ0n) is 20.3. The maximum Gasteiger partial charge on any atom is 0.0805 e. The van der Waals surface area contributed by atoms with E-state index in [4.69, 9.17) is 0 Å². The van der Waals surface area contributed by atoms with Crippen molar-refractivity contribution in [1.29, 1.82) is 0 Å². The van der Waals surface area contributed by atoms with Gasteiger partial charge in [-0.05, 0) is 112 Å². The van der Waals surface area contributed by atoms with E-state index in [1.54, 1.807) is 0 Å². The van der Waals surface area contributed by atoms with Crippen LogP contribution in [-0.4, -0.2) is 56.9 Å². The van der Waals surface area contributed by atoms with Gasteiger partial charge in [0.1, 0.15) is 0 Å². The van der Waals surface area contributed by atoms with Gasteiger partial charge in [-0.15, -0.1) is 0 Å². The summed E-state index contributed by atoms with van der Waals surface area (Å²) in [4.78, 5) is 2.67. The van der Waals surface area contributed by atoms with E-state index in [1.807, 2.05) is 0 Å². The second-order valence-corrected chi connectivity index (χ2v) is 13.3. The molecule has 2 saturated heterocycles. The van der Waals surface area contributed by atoms with Crippen LogP contribution in [0.1, 0.15) is 78.6 Å². The lowest BCUT2D eigenvalue weighted by Crippen LogP contribution is -2.67. The summed E-state index contributed by atoms with van der Waals surface area (Å²) in [7, 11) is 0.